The molecule has 1 atom stereocenters. The van der Waals surface area contributed by atoms with Gasteiger partial charge in [-0.25, -0.2) is 9.18 Å². The fourth-order valence-electron chi connectivity index (χ4n) is 4.28. The number of carbonyl (C=O) groups excluding carboxylic acids is 2. The van der Waals surface area contributed by atoms with Crippen LogP contribution in [0.25, 0.3) is 11.3 Å². The second-order valence-electron chi connectivity index (χ2n) is 8.12. The lowest BCUT2D eigenvalue weighted by Crippen LogP contribution is -2.29. The van der Waals surface area contributed by atoms with E-state index in [9.17, 15) is 14.0 Å². The zero-order valence-corrected chi connectivity index (χ0v) is 18.7. The number of esters is 1. The largest absolute Gasteiger partial charge is 0.462 e. The monoisotopic (exact) mass is 455 g/mol. The second kappa shape index (κ2) is 8.59. The molecule has 34 heavy (non-hydrogen) atoms. The van der Waals surface area contributed by atoms with Crippen molar-refractivity contribution in [1.29, 1.82) is 0 Å². The summed E-state index contributed by atoms with van der Waals surface area (Å²) in [5.74, 6) is -1.03. The van der Waals surface area contributed by atoms with E-state index in [0.717, 1.165) is 22.3 Å². The lowest BCUT2D eigenvalue weighted by Gasteiger charge is -2.26. The van der Waals surface area contributed by atoms with Gasteiger partial charge in [-0.3, -0.25) is 14.8 Å². The molecule has 0 saturated carbocycles. The number of aryl methyl sites for hydroxylation is 1. The van der Waals surface area contributed by atoms with Crippen LogP contribution in [0.5, 0.6) is 0 Å². The molecular weight excluding hydrogens is 433 g/mol. The van der Waals surface area contributed by atoms with E-state index in [2.05, 4.69) is 10.2 Å². The van der Waals surface area contributed by atoms with Crippen molar-refractivity contribution in [2.75, 3.05) is 11.5 Å². The zero-order chi connectivity index (χ0) is 23.8. The van der Waals surface area contributed by atoms with Gasteiger partial charge >= 0.3 is 5.97 Å². The van der Waals surface area contributed by atoms with Crippen molar-refractivity contribution in [3.63, 3.8) is 0 Å². The van der Waals surface area contributed by atoms with Gasteiger partial charge in [0.25, 0.3) is 5.91 Å². The molecule has 1 aromatic heterocycles. The Morgan fingerprint density at radius 3 is 2.35 bits per heavy atom. The molecule has 0 spiro atoms. The second-order valence-corrected chi connectivity index (χ2v) is 8.12. The van der Waals surface area contributed by atoms with Crippen LogP contribution in [0.2, 0.25) is 0 Å². The summed E-state index contributed by atoms with van der Waals surface area (Å²) >= 11 is 0. The first-order valence-electron chi connectivity index (χ1n) is 11.0. The average molecular weight is 455 g/mol. The summed E-state index contributed by atoms with van der Waals surface area (Å²) in [5.41, 5.74) is 5.53. The third-order valence-corrected chi connectivity index (χ3v) is 5.94. The van der Waals surface area contributed by atoms with Gasteiger partial charge in [0.15, 0.2) is 0 Å². The van der Waals surface area contributed by atoms with E-state index < -0.39 is 12.0 Å². The molecule has 0 bridgehead atoms. The number of nitrogens with one attached hydrogen (secondary N) is 1. The number of fused-ring (bicyclic) bond motifs is 1. The number of H-pyrrole nitrogens is 1. The van der Waals surface area contributed by atoms with Crippen molar-refractivity contribution < 1.29 is 18.7 Å². The van der Waals surface area contributed by atoms with E-state index in [1.165, 1.54) is 12.1 Å². The minimum atomic E-state index is -0.522. The maximum atomic E-state index is 13.7. The van der Waals surface area contributed by atoms with E-state index in [1.54, 1.807) is 48.2 Å². The Kier molecular flexibility index (Phi) is 5.45. The Morgan fingerprint density at radius 2 is 1.71 bits per heavy atom. The van der Waals surface area contributed by atoms with Gasteiger partial charge in [0.1, 0.15) is 11.5 Å². The van der Waals surface area contributed by atoms with Crippen LogP contribution in [-0.2, 0) is 4.74 Å². The number of anilines is 1. The summed E-state index contributed by atoms with van der Waals surface area (Å²) in [5, 5.41) is 7.38. The van der Waals surface area contributed by atoms with Crippen molar-refractivity contribution in [2.24, 2.45) is 0 Å². The predicted molar refractivity (Wildman–Crippen MR) is 126 cm³/mol. The maximum Gasteiger partial charge on any atom is 0.338 e. The SMILES string of the molecule is CCOC(=O)c1ccc(N2C(=O)c3[nH]nc(-c4ccc(C)cc4)c3[C@@H]2c2ccc(F)cc2)cc1. The Hall–Kier alpha value is -4.26. The molecule has 0 unspecified atom stereocenters. The highest BCUT2D eigenvalue weighted by atomic mass is 19.1. The summed E-state index contributed by atoms with van der Waals surface area (Å²) in [6.45, 7) is 4.03. The van der Waals surface area contributed by atoms with Crippen LogP contribution in [0.15, 0.2) is 72.8 Å². The molecule has 6 nitrogen and oxygen atoms in total. The molecule has 1 N–H and O–H groups in total. The van der Waals surface area contributed by atoms with Gasteiger partial charge in [-0.2, -0.15) is 5.10 Å². The summed E-state index contributed by atoms with van der Waals surface area (Å²) in [6, 6.07) is 20.2. The van der Waals surface area contributed by atoms with Crippen molar-refractivity contribution in [1.82, 2.24) is 10.2 Å². The highest BCUT2D eigenvalue weighted by molar-refractivity contribution is 6.12. The van der Waals surface area contributed by atoms with E-state index in [-0.39, 0.29) is 18.3 Å². The zero-order valence-electron chi connectivity index (χ0n) is 18.7. The highest BCUT2D eigenvalue weighted by Gasteiger charge is 2.43. The summed E-state index contributed by atoms with van der Waals surface area (Å²) in [7, 11) is 0. The number of aromatic nitrogens is 2. The van der Waals surface area contributed by atoms with E-state index in [0.29, 0.717) is 22.6 Å². The van der Waals surface area contributed by atoms with Crippen LogP contribution in [0.3, 0.4) is 0 Å². The maximum absolute atomic E-state index is 13.7. The minimum Gasteiger partial charge on any atom is -0.462 e. The van der Waals surface area contributed by atoms with Crippen LogP contribution >= 0.6 is 0 Å². The molecule has 2 heterocycles. The van der Waals surface area contributed by atoms with E-state index >= 15 is 0 Å². The fourth-order valence-corrected chi connectivity index (χ4v) is 4.28. The number of nitrogens with zero attached hydrogens (tertiary/aromatic N) is 2. The van der Waals surface area contributed by atoms with E-state index in [4.69, 9.17) is 4.74 Å². The molecule has 5 rings (SSSR count). The van der Waals surface area contributed by atoms with Gasteiger partial charge in [0.2, 0.25) is 0 Å². The van der Waals surface area contributed by atoms with Gasteiger partial charge in [0.05, 0.1) is 23.9 Å². The molecule has 1 amide bonds. The number of amides is 1. The van der Waals surface area contributed by atoms with Gasteiger partial charge < -0.3 is 4.74 Å². The lowest BCUT2D eigenvalue weighted by molar-refractivity contribution is 0.0526. The van der Waals surface area contributed by atoms with Gasteiger partial charge in [-0.1, -0.05) is 42.0 Å². The van der Waals surface area contributed by atoms with Crippen LogP contribution in [0.1, 0.15) is 50.5 Å². The number of hydrogen-bond acceptors (Lipinski definition) is 4. The van der Waals surface area contributed by atoms with Crippen molar-refractivity contribution in [3.8, 4) is 11.3 Å². The quantitative estimate of drug-likeness (QED) is 0.406. The molecule has 7 heteroatoms. The third kappa shape index (κ3) is 3.65. The first-order valence-corrected chi connectivity index (χ1v) is 11.0. The van der Waals surface area contributed by atoms with E-state index in [1.807, 2.05) is 31.2 Å². The standard InChI is InChI=1S/C27H22FN3O3/c1-3-34-27(33)19-10-14-21(15-11-19)31-25(18-8-12-20(28)13-9-18)22-23(29-30-24(22)26(31)32)17-6-4-16(2)5-7-17/h4-15,25H,3H2,1-2H3,(H,29,30)/t25-/m0/s1. The molecule has 3 aromatic carbocycles. The number of ether oxygens (including phenoxy) is 1. The van der Waals surface area contributed by atoms with Crippen LogP contribution < -0.4 is 4.90 Å². The molecule has 0 radical (unpaired) electrons. The first kappa shape index (κ1) is 21.6. The molecule has 0 aliphatic carbocycles. The number of halogens is 1. The number of benzene rings is 3. The van der Waals surface area contributed by atoms with Gasteiger partial charge in [-0.15, -0.1) is 0 Å². The number of aromatic amines is 1. The predicted octanol–water partition coefficient (Wildman–Crippen LogP) is 5.45. The minimum absolute atomic E-state index is 0.251. The lowest BCUT2D eigenvalue weighted by atomic mass is 9.95. The molecule has 170 valence electrons. The molecule has 0 fully saturated rings. The number of carbonyl (C=O) groups is 2. The topological polar surface area (TPSA) is 75.3 Å². The fraction of sp³-hybridized carbons (Fsp3) is 0.148. The first-order chi connectivity index (χ1) is 16.5. The number of rotatable bonds is 5. The molecule has 0 saturated heterocycles. The van der Waals surface area contributed by atoms with Gasteiger partial charge in [0, 0.05) is 16.8 Å². The Balaban J connectivity index is 1.63. The van der Waals surface area contributed by atoms with Crippen molar-refractivity contribution in [2.45, 2.75) is 19.9 Å². The van der Waals surface area contributed by atoms with Crippen LogP contribution in [0, 0.1) is 12.7 Å². The Labute approximate surface area is 196 Å². The van der Waals surface area contributed by atoms with Crippen LogP contribution in [-0.4, -0.2) is 28.7 Å². The molecule has 1 aliphatic rings. The van der Waals surface area contributed by atoms with Crippen LogP contribution in [0.4, 0.5) is 10.1 Å². The van der Waals surface area contributed by atoms with Gasteiger partial charge in [-0.05, 0) is 55.8 Å². The Morgan fingerprint density at radius 1 is 1.03 bits per heavy atom. The summed E-state index contributed by atoms with van der Waals surface area (Å²) < 4.78 is 18.8. The summed E-state index contributed by atoms with van der Waals surface area (Å²) in [6.07, 6.45) is 0. The molecular formula is C27H22FN3O3. The smallest absolute Gasteiger partial charge is 0.338 e. The normalized spacial score (nSPS) is 14.9. The molecule has 4 aromatic rings. The molecule has 1 aliphatic heterocycles. The third-order valence-electron chi connectivity index (χ3n) is 5.94. The highest BCUT2D eigenvalue weighted by Crippen LogP contribution is 2.45. The average Bonchev–Trinajstić information content (AvgIpc) is 3.39. The number of hydrogen-bond donors (Lipinski definition) is 1. The van der Waals surface area contributed by atoms with Crippen molar-refractivity contribution >= 4 is 17.6 Å². The van der Waals surface area contributed by atoms with Crippen molar-refractivity contribution in [3.05, 3.63) is 107 Å². The Bertz CT molecular complexity index is 1360. The summed E-state index contributed by atoms with van der Waals surface area (Å²) in [4.78, 5) is 27.3.